The molecule has 0 spiro atoms. The molecule has 3 heterocycles. The van der Waals surface area contributed by atoms with Crippen LogP contribution >= 0.6 is 0 Å². The first kappa shape index (κ1) is 18.8. The molecule has 1 aromatic heterocycles. The van der Waals surface area contributed by atoms with E-state index < -0.39 is 42.5 Å². The van der Waals surface area contributed by atoms with Gasteiger partial charge in [0.25, 0.3) is 11.8 Å². The molecule has 2 aliphatic heterocycles. The van der Waals surface area contributed by atoms with Crippen LogP contribution in [0.15, 0.2) is 18.3 Å². The second-order valence-corrected chi connectivity index (χ2v) is 6.39. The Morgan fingerprint density at radius 2 is 1.92 bits per heavy atom. The number of nitrogens with zero attached hydrogens (tertiary/aromatic N) is 3. The number of rotatable bonds is 2. The number of pyridine rings is 1. The van der Waals surface area contributed by atoms with Crippen molar-refractivity contribution in [2.45, 2.75) is 31.0 Å². The van der Waals surface area contributed by atoms with Crippen LogP contribution in [0.5, 0.6) is 0 Å². The van der Waals surface area contributed by atoms with Crippen LogP contribution in [0.3, 0.4) is 0 Å². The number of ether oxygens (including phenoxy) is 1. The monoisotopic (exact) mass is 379 g/mol. The minimum Gasteiger partial charge on any atom is -0.365 e. The van der Waals surface area contributed by atoms with E-state index in [4.69, 9.17) is 4.74 Å². The molecule has 1 aromatic rings. The Labute approximate surface area is 146 Å². The maximum absolute atomic E-state index is 13.2. The summed E-state index contributed by atoms with van der Waals surface area (Å²) in [6, 6.07) is 1.80. The van der Waals surface area contributed by atoms with E-state index in [0.717, 1.165) is 18.3 Å². The average Bonchev–Trinajstić information content (AvgIpc) is 2.61. The molecule has 3 rings (SSSR count). The molecular weight excluding hydrogens is 361 g/mol. The van der Waals surface area contributed by atoms with Crippen LogP contribution in [-0.2, 0) is 15.7 Å². The van der Waals surface area contributed by atoms with Gasteiger partial charge in [-0.1, -0.05) is 0 Å². The normalized spacial score (nSPS) is 23.8. The summed E-state index contributed by atoms with van der Waals surface area (Å²) >= 11 is 0. The third-order valence-electron chi connectivity index (χ3n) is 4.55. The van der Waals surface area contributed by atoms with E-state index in [9.17, 15) is 26.7 Å². The molecule has 1 atom stereocenters. The Morgan fingerprint density at radius 3 is 2.58 bits per heavy atom. The molecular formula is C16H18F5N3O2. The molecule has 2 aliphatic rings. The third-order valence-corrected chi connectivity index (χ3v) is 4.55. The largest absolute Gasteiger partial charge is 0.416 e. The molecule has 0 bridgehead atoms. The zero-order chi connectivity index (χ0) is 18.9. The molecule has 10 heteroatoms. The van der Waals surface area contributed by atoms with E-state index in [-0.39, 0.29) is 38.6 Å². The number of hydrogen-bond donors (Lipinski definition) is 0. The van der Waals surface area contributed by atoms with Gasteiger partial charge in [0.2, 0.25) is 0 Å². The van der Waals surface area contributed by atoms with Crippen molar-refractivity contribution in [1.29, 1.82) is 0 Å². The number of halogens is 5. The van der Waals surface area contributed by atoms with Crippen molar-refractivity contribution in [3.63, 3.8) is 0 Å². The van der Waals surface area contributed by atoms with Crippen molar-refractivity contribution in [3.8, 4) is 0 Å². The van der Waals surface area contributed by atoms with Crippen molar-refractivity contribution in [2.24, 2.45) is 0 Å². The van der Waals surface area contributed by atoms with Gasteiger partial charge in [0, 0.05) is 38.7 Å². The lowest BCUT2D eigenvalue weighted by molar-refractivity contribution is -0.150. The van der Waals surface area contributed by atoms with Gasteiger partial charge < -0.3 is 14.5 Å². The summed E-state index contributed by atoms with van der Waals surface area (Å²) in [6.07, 6.45) is -5.13. The quantitative estimate of drug-likeness (QED) is 0.741. The molecule has 26 heavy (non-hydrogen) atoms. The maximum Gasteiger partial charge on any atom is 0.416 e. The zero-order valence-corrected chi connectivity index (χ0v) is 13.8. The van der Waals surface area contributed by atoms with Gasteiger partial charge >= 0.3 is 6.18 Å². The van der Waals surface area contributed by atoms with Gasteiger partial charge in [0.1, 0.15) is 5.82 Å². The molecule has 1 amide bonds. The van der Waals surface area contributed by atoms with Crippen molar-refractivity contribution in [2.75, 3.05) is 37.7 Å². The highest BCUT2D eigenvalue weighted by Gasteiger charge is 2.39. The summed E-state index contributed by atoms with van der Waals surface area (Å²) < 4.78 is 70.4. The highest BCUT2D eigenvalue weighted by molar-refractivity contribution is 5.82. The molecule has 2 saturated heterocycles. The SMILES string of the molecule is O=C(C1CN(c2cc(C(F)(F)F)ccn2)CCO1)N1CCC(F)(F)CC1. The molecule has 0 aromatic carbocycles. The standard InChI is InChI=1S/C16H18F5N3O2/c17-15(18)2-5-23(6-3-15)14(25)12-10-24(7-8-26-12)13-9-11(1-4-22-13)16(19,20)21/h1,4,9,12H,2-3,5-8,10H2. The summed E-state index contributed by atoms with van der Waals surface area (Å²) in [6.45, 7) is 0.329. The van der Waals surface area contributed by atoms with E-state index in [2.05, 4.69) is 4.98 Å². The zero-order valence-electron chi connectivity index (χ0n) is 13.8. The highest BCUT2D eigenvalue weighted by Crippen LogP contribution is 2.31. The van der Waals surface area contributed by atoms with Crippen molar-refractivity contribution in [3.05, 3.63) is 23.9 Å². The molecule has 2 fully saturated rings. The Morgan fingerprint density at radius 1 is 1.23 bits per heavy atom. The molecule has 0 N–H and O–H groups in total. The average molecular weight is 379 g/mol. The Bertz CT molecular complexity index is 658. The highest BCUT2D eigenvalue weighted by atomic mass is 19.4. The van der Waals surface area contributed by atoms with Crippen LogP contribution in [0.4, 0.5) is 27.8 Å². The van der Waals surface area contributed by atoms with Crippen LogP contribution in [0.2, 0.25) is 0 Å². The van der Waals surface area contributed by atoms with Crippen LogP contribution in [0, 0.1) is 0 Å². The second-order valence-electron chi connectivity index (χ2n) is 6.39. The van der Waals surface area contributed by atoms with Gasteiger partial charge in [-0.25, -0.2) is 13.8 Å². The van der Waals surface area contributed by atoms with Crippen LogP contribution < -0.4 is 4.90 Å². The number of piperidine rings is 1. The lowest BCUT2D eigenvalue weighted by Crippen LogP contribution is -2.53. The summed E-state index contributed by atoms with van der Waals surface area (Å²) in [5, 5.41) is 0. The van der Waals surface area contributed by atoms with Crippen LogP contribution in [0.1, 0.15) is 18.4 Å². The first-order valence-corrected chi connectivity index (χ1v) is 8.22. The fourth-order valence-corrected chi connectivity index (χ4v) is 3.03. The lowest BCUT2D eigenvalue weighted by Gasteiger charge is -2.38. The molecule has 0 saturated carbocycles. The van der Waals surface area contributed by atoms with Gasteiger partial charge in [-0.3, -0.25) is 4.79 Å². The van der Waals surface area contributed by atoms with Gasteiger partial charge in [-0.05, 0) is 12.1 Å². The number of hydrogen-bond acceptors (Lipinski definition) is 4. The maximum atomic E-state index is 13.2. The predicted octanol–water partition coefficient (Wildman–Crippen LogP) is 2.56. The first-order valence-electron chi connectivity index (χ1n) is 8.22. The second kappa shape index (κ2) is 6.98. The Kier molecular flexibility index (Phi) is 5.05. The van der Waals surface area contributed by atoms with Gasteiger partial charge in [-0.2, -0.15) is 13.2 Å². The minimum absolute atomic E-state index is 0.0278. The molecule has 0 aliphatic carbocycles. The van der Waals surface area contributed by atoms with Crippen LogP contribution in [0.25, 0.3) is 0 Å². The number of morpholine rings is 1. The molecule has 5 nitrogen and oxygen atoms in total. The third kappa shape index (κ3) is 4.22. The van der Waals surface area contributed by atoms with E-state index in [1.54, 1.807) is 4.90 Å². The number of carbonyl (C=O) groups is 1. The molecule has 1 unspecified atom stereocenters. The van der Waals surface area contributed by atoms with E-state index >= 15 is 0 Å². The molecule has 144 valence electrons. The minimum atomic E-state index is -4.49. The first-order chi connectivity index (χ1) is 12.2. The van der Waals surface area contributed by atoms with Gasteiger partial charge in [-0.15, -0.1) is 0 Å². The number of alkyl halides is 5. The Hall–Kier alpha value is -1.97. The Balaban J connectivity index is 1.67. The summed E-state index contributed by atoms with van der Waals surface area (Å²) in [7, 11) is 0. The summed E-state index contributed by atoms with van der Waals surface area (Å²) in [5.74, 6) is -3.08. The van der Waals surface area contributed by atoms with E-state index in [1.165, 1.54) is 4.90 Å². The smallest absolute Gasteiger partial charge is 0.365 e. The number of carbonyl (C=O) groups excluding carboxylic acids is 1. The van der Waals surface area contributed by atoms with E-state index in [1.807, 2.05) is 0 Å². The van der Waals surface area contributed by atoms with Gasteiger partial charge in [0.15, 0.2) is 6.10 Å². The lowest BCUT2D eigenvalue weighted by atomic mass is 10.1. The number of anilines is 1. The summed E-state index contributed by atoms with van der Waals surface area (Å²) in [4.78, 5) is 19.3. The fraction of sp³-hybridized carbons (Fsp3) is 0.625. The van der Waals surface area contributed by atoms with Crippen molar-refractivity contribution >= 4 is 11.7 Å². The summed E-state index contributed by atoms with van der Waals surface area (Å²) in [5.41, 5.74) is -0.824. The van der Waals surface area contributed by atoms with E-state index in [0.29, 0.717) is 0 Å². The van der Waals surface area contributed by atoms with Gasteiger partial charge in [0.05, 0.1) is 18.7 Å². The fourth-order valence-electron chi connectivity index (χ4n) is 3.03. The predicted molar refractivity (Wildman–Crippen MR) is 82.0 cm³/mol. The van der Waals surface area contributed by atoms with Crippen molar-refractivity contribution in [1.82, 2.24) is 9.88 Å². The topological polar surface area (TPSA) is 45.7 Å². The van der Waals surface area contributed by atoms with Crippen LogP contribution in [-0.4, -0.2) is 60.6 Å². The number of amides is 1. The number of aromatic nitrogens is 1. The number of likely N-dealkylation sites (tertiary alicyclic amines) is 1. The molecule has 0 radical (unpaired) electrons. The van der Waals surface area contributed by atoms with Crippen molar-refractivity contribution < 1.29 is 31.5 Å².